The van der Waals surface area contributed by atoms with E-state index in [9.17, 15) is 0 Å². The summed E-state index contributed by atoms with van der Waals surface area (Å²) in [6.07, 6.45) is 7.22. The third-order valence-corrected chi connectivity index (χ3v) is 3.55. The van der Waals surface area contributed by atoms with Gasteiger partial charge in [-0.3, -0.25) is 0 Å². The van der Waals surface area contributed by atoms with Gasteiger partial charge in [-0.15, -0.1) is 0 Å². The van der Waals surface area contributed by atoms with E-state index in [0.717, 1.165) is 11.8 Å². The Morgan fingerprint density at radius 2 is 1.79 bits per heavy atom. The quantitative estimate of drug-likeness (QED) is 0.728. The highest BCUT2D eigenvalue weighted by molar-refractivity contribution is 4.80. The fraction of sp³-hybridized carbons (Fsp3) is 1.00. The molecule has 1 nitrogen and oxygen atoms in total. The molecule has 0 aromatic carbocycles. The van der Waals surface area contributed by atoms with Gasteiger partial charge < -0.3 is 5.32 Å². The minimum absolute atomic E-state index is 0.521. The zero-order valence-corrected chi connectivity index (χ0v) is 10.4. The Bertz CT molecular complexity index is 157. The standard InChI is InChI=1S/C13H27N/c1-13(2,3)9-8-11-6-5-7-12(11)10-14-4/h11-12,14H,5-10H2,1-4H3. The highest BCUT2D eigenvalue weighted by Gasteiger charge is 2.27. The van der Waals surface area contributed by atoms with Crippen molar-refractivity contribution in [2.45, 2.75) is 52.9 Å². The molecule has 0 bridgehead atoms. The number of rotatable bonds is 4. The van der Waals surface area contributed by atoms with E-state index in [1.165, 1.54) is 38.6 Å². The predicted octanol–water partition coefficient (Wildman–Crippen LogP) is 3.45. The molecule has 1 aliphatic carbocycles. The predicted molar refractivity (Wildman–Crippen MR) is 63.4 cm³/mol. The second-order valence-corrected chi connectivity index (χ2v) is 6.11. The number of nitrogens with one attached hydrogen (secondary N) is 1. The molecule has 0 heterocycles. The van der Waals surface area contributed by atoms with Crippen molar-refractivity contribution in [1.29, 1.82) is 0 Å². The lowest BCUT2D eigenvalue weighted by Gasteiger charge is -2.24. The summed E-state index contributed by atoms with van der Waals surface area (Å²) in [5.41, 5.74) is 0.521. The molecule has 0 amide bonds. The fourth-order valence-corrected chi connectivity index (χ4v) is 2.64. The van der Waals surface area contributed by atoms with Crippen LogP contribution in [0.3, 0.4) is 0 Å². The van der Waals surface area contributed by atoms with Crippen molar-refractivity contribution in [1.82, 2.24) is 5.32 Å². The molecule has 84 valence electrons. The van der Waals surface area contributed by atoms with E-state index >= 15 is 0 Å². The monoisotopic (exact) mass is 197 g/mol. The van der Waals surface area contributed by atoms with Crippen LogP contribution >= 0.6 is 0 Å². The first-order valence-corrected chi connectivity index (χ1v) is 6.17. The van der Waals surface area contributed by atoms with Crippen LogP contribution in [0.5, 0.6) is 0 Å². The summed E-state index contributed by atoms with van der Waals surface area (Å²) in [6, 6.07) is 0. The fourth-order valence-electron chi connectivity index (χ4n) is 2.64. The first-order chi connectivity index (χ1) is 6.53. The molecular formula is C13H27N. The average molecular weight is 197 g/mol. The maximum absolute atomic E-state index is 3.34. The molecule has 0 aliphatic heterocycles. The van der Waals surface area contributed by atoms with Crippen LogP contribution in [0.25, 0.3) is 0 Å². The van der Waals surface area contributed by atoms with Gasteiger partial charge in [-0.25, -0.2) is 0 Å². The zero-order chi connectivity index (χ0) is 10.6. The van der Waals surface area contributed by atoms with Crippen molar-refractivity contribution in [3.8, 4) is 0 Å². The van der Waals surface area contributed by atoms with Gasteiger partial charge in [-0.1, -0.05) is 33.6 Å². The first-order valence-electron chi connectivity index (χ1n) is 6.17. The van der Waals surface area contributed by atoms with Gasteiger partial charge in [0.05, 0.1) is 0 Å². The Kier molecular flexibility index (Phi) is 4.43. The Hall–Kier alpha value is -0.0400. The van der Waals surface area contributed by atoms with E-state index in [1.807, 2.05) is 0 Å². The second-order valence-electron chi connectivity index (χ2n) is 6.11. The van der Waals surface area contributed by atoms with E-state index < -0.39 is 0 Å². The third kappa shape index (κ3) is 4.00. The largest absolute Gasteiger partial charge is 0.319 e. The van der Waals surface area contributed by atoms with E-state index in [-0.39, 0.29) is 0 Å². The van der Waals surface area contributed by atoms with Crippen molar-refractivity contribution < 1.29 is 0 Å². The van der Waals surface area contributed by atoms with Crippen LogP contribution in [0.4, 0.5) is 0 Å². The van der Waals surface area contributed by atoms with E-state index in [0.29, 0.717) is 5.41 Å². The van der Waals surface area contributed by atoms with Gasteiger partial charge >= 0.3 is 0 Å². The molecular weight excluding hydrogens is 170 g/mol. The lowest BCUT2D eigenvalue weighted by atomic mass is 9.83. The van der Waals surface area contributed by atoms with Crippen molar-refractivity contribution in [3.63, 3.8) is 0 Å². The number of hydrogen-bond donors (Lipinski definition) is 1. The second kappa shape index (κ2) is 5.16. The Morgan fingerprint density at radius 3 is 2.36 bits per heavy atom. The van der Waals surface area contributed by atoms with Crippen LogP contribution in [-0.2, 0) is 0 Å². The average Bonchev–Trinajstić information content (AvgIpc) is 2.48. The normalized spacial score (nSPS) is 28.3. The Balaban J connectivity index is 2.29. The molecule has 1 N–H and O–H groups in total. The highest BCUT2D eigenvalue weighted by Crippen LogP contribution is 2.37. The summed E-state index contributed by atoms with van der Waals surface area (Å²) in [7, 11) is 2.08. The highest BCUT2D eigenvalue weighted by atomic mass is 14.8. The van der Waals surface area contributed by atoms with Crippen molar-refractivity contribution in [2.24, 2.45) is 17.3 Å². The molecule has 1 aliphatic rings. The summed E-state index contributed by atoms with van der Waals surface area (Å²) in [6.45, 7) is 8.30. The van der Waals surface area contributed by atoms with Gasteiger partial charge in [0.2, 0.25) is 0 Å². The molecule has 0 aromatic rings. The Labute approximate surface area is 89.7 Å². The molecule has 1 fully saturated rings. The molecule has 2 unspecified atom stereocenters. The van der Waals surface area contributed by atoms with Gasteiger partial charge in [0, 0.05) is 0 Å². The smallest absolute Gasteiger partial charge is 0.00209 e. The minimum Gasteiger partial charge on any atom is -0.319 e. The molecule has 0 saturated heterocycles. The maximum Gasteiger partial charge on any atom is -0.00209 e. The molecule has 0 aromatic heterocycles. The van der Waals surface area contributed by atoms with E-state index in [4.69, 9.17) is 0 Å². The zero-order valence-electron chi connectivity index (χ0n) is 10.4. The molecule has 14 heavy (non-hydrogen) atoms. The summed E-state index contributed by atoms with van der Waals surface area (Å²) in [5, 5.41) is 3.34. The molecule has 1 rings (SSSR count). The third-order valence-electron chi connectivity index (χ3n) is 3.55. The molecule has 0 spiro atoms. The van der Waals surface area contributed by atoms with Crippen LogP contribution in [-0.4, -0.2) is 13.6 Å². The van der Waals surface area contributed by atoms with E-state index in [2.05, 4.69) is 33.1 Å². The maximum atomic E-state index is 3.34. The molecule has 0 radical (unpaired) electrons. The van der Waals surface area contributed by atoms with Crippen LogP contribution in [0.15, 0.2) is 0 Å². The summed E-state index contributed by atoms with van der Waals surface area (Å²) < 4.78 is 0. The van der Waals surface area contributed by atoms with Gasteiger partial charge in [-0.2, -0.15) is 0 Å². The first kappa shape index (κ1) is 12.0. The lowest BCUT2D eigenvalue weighted by Crippen LogP contribution is -2.22. The van der Waals surface area contributed by atoms with Crippen molar-refractivity contribution in [3.05, 3.63) is 0 Å². The van der Waals surface area contributed by atoms with Gasteiger partial charge in [0.15, 0.2) is 0 Å². The van der Waals surface area contributed by atoms with Gasteiger partial charge in [-0.05, 0) is 50.1 Å². The van der Waals surface area contributed by atoms with Crippen molar-refractivity contribution >= 4 is 0 Å². The Morgan fingerprint density at radius 1 is 1.14 bits per heavy atom. The minimum atomic E-state index is 0.521. The van der Waals surface area contributed by atoms with Crippen LogP contribution in [0, 0.1) is 17.3 Å². The summed E-state index contributed by atoms with van der Waals surface area (Å²) in [5.74, 6) is 1.96. The SMILES string of the molecule is CNCC1CCCC1CCC(C)(C)C. The number of hydrogen-bond acceptors (Lipinski definition) is 1. The lowest BCUT2D eigenvalue weighted by molar-refractivity contribution is 0.281. The van der Waals surface area contributed by atoms with E-state index in [1.54, 1.807) is 0 Å². The van der Waals surface area contributed by atoms with Crippen LogP contribution in [0.2, 0.25) is 0 Å². The molecule has 1 heteroatoms. The van der Waals surface area contributed by atoms with Gasteiger partial charge in [0.1, 0.15) is 0 Å². The molecule has 2 atom stereocenters. The summed E-state index contributed by atoms with van der Waals surface area (Å²) >= 11 is 0. The van der Waals surface area contributed by atoms with Gasteiger partial charge in [0.25, 0.3) is 0 Å². The summed E-state index contributed by atoms with van der Waals surface area (Å²) in [4.78, 5) is 0. The van der Waals surface area contributed by atoms with Crippen LogP contribution < -0.4 is 5.32 Å². The topological polar surface area (TPSA) is 12.0 Å². The van der Waals surface area contributed by atoms with Crippen molar-refractivity contribution in [2.75, 3.05) is 13.6 Å². The molecule has 1 saturated carbocycles. The van der Waals surface area contributed by atoms with Crippen LogP contribution in [0.1, 0.15) is 52.9 Å².